The first kappa shape index (κ1) is 11.1. The molecule has 0 aromatic heterocycles. The van der Waals surface area contributed by atoms with Crippen molar-refractivity contribution in [2.75, 3.05) is 19.6 Å². The summed E-state index contributed by atoms with van der Waals surface area (Å²) < 4.78 is 0. The summed E-state index contributed by atoms with van der Waals surface area (Å²) in [4.78, 5) is 13.5. The highest BCUT2D eigenvalue weighted by Gasteiger charge is 2.17. The van der Waals surface area contributed by atoms with Crippen LogP contribution in [0.3, 0.4) is 0 Å². The molecule has 1 rings (SSSR count). The molecule has 0 radical (unpaired) electrons. The molecular formula is C11H18N2O. The van der Waals surface area contributed by atoms with Crippen molar-refractivity contribution in [1.29, 1.82) is 0 Å². The van der Waals surface area contributed by atoms with Gasteiger partial charge in [0.2, 0.25) is 5.91 Å². The van der Waals surface area contributed by atoms with Crippen LogP contribution in [0.15, 0.2) is 0 Å². The molecule has 1 unspecified atom stereocenters. The van der Waals surface area contributed by atoms with Crippen LogP contribution in [-0.4, -0.2) is 36.5 Å². The maximum Gasteiger partial charge on any atom is 0.236 e. The van der Waals surface area contributed by atoms with Crippen molar-refractivity contribution in [2.45, 2.75) is 32.2 Å². The Balaban J connectivity index is 2.17. The van der Waals surface area contributed by atoms with E-state index in [4.69, 9.17) is 6.42 Å². The molecule has 0 spiro atoms. The number of nitrogens with zero attached hydrogens (tertiary/aromatic N) is 1. The first-order valence-corrected chi connectivity index (χ1v) is 5.18. The van der Waals surface area contributed by atoms with E-state index in [-0.39, 0.29) is 11.9 Å². The van der Waals surface area contributed by atoms with Crippen LogP contribution in [0.5, 0.6) is 0 Å². The maximum atomic E-state index is 11.6. The molecule has 0 aromatic rings. The molecule has 3 heteroatoms. The van der Waals surface area contributed by atoms with Crippen LogP contribution in [0.25, 0.3) is 0 Å². The summed E-state index contributed by atoms with van der Waals surface area (Å²) in [6, 6.07) is 0.228. The first-order chi connectivity index (χ1) is 6.74. The molecule has 1 heterocycles. The molecule has 1 N–H and O–H groups in total. The van der Waals surface area contributed by atoms with Gasteiger partial charge in [-0.05, 0) is 19.8 Å². The summed E-state index contributed by atoms with van der Waals surface area (Å²) in [6.07, 6.45) is 8.14. The van der Waals surface area contributed by atoms with E-state index in [1.165, 1.54) is 0 Å². The molecule has 0 aromatic carbocycles. The summed E-state index contributed by atoms with van der Waals surface area (Å²) in [5.74, 6) is 2.77. The number of amides is 1. The number of likely N-dealkylation sites (tertiary alicyclic amines) is 1. The van der Waals surface area contributed by atoms with Gasteiger partial charge in [-0.25, -0.2) is 0 Å². The SMILES string of the molecule is C#CCC(C)NCC(=O)N1CCCC1. The second-order valence-electron chi connectivity index (χ2n) is 3.78. The molecule has 1 amide bonds. The lowest BCUT2D eigenvalue weighted by atomic mass is 10.2. The maximum absolute atomic E-state index is 11.6. The van der Waals surface area contributed by atoms with Crippen molar-refractivity contribution in [2.24, 2.45) is 0 Å². The number of hydrogen-bond acceptors (Lipinski definition) is 2. The minimum Gasteiger partial charge on any atom is -0.342 e. The minimum atomic E-state index is 0.200. The number of rotatable bonds is 4. The number of terminal acetylenes is 1. The third-order valence-corrected chi connectivity index (χ3v) is 2.48. The highest BCUT2D eigenvalue weighted by molar-refractivity contribution is 5.78. The second kappa shape index (κ2) is 5.66. The quantitative estimate of drug-likeness (QED) is 0.665. The normalized spacial score (nSPS) is 17.9. The van der Waals surface area contributed by atoms with Crippen LogP contribution in [0.4, 0.5) is 0 Å². The molecule has 1 fully saturated rings. The molecule has 1 atom stereocenters. The van der Waals surface area contributed by atoms with Gasteiger partial charge >= 0.3 is 0 Å². The van der Waals surface area contributed by atoms with Gasteiger partial charge < -0.3 is 10.2 Å². The van der Waals surface area contributed by atoms with E-state index < -0.39 is 0 Å². The van der Waals surface area contributed by atoms with Crippen LogP contribution in [0, 0.1) is 12.3 Å². The van der Waals surface area contributed by atoms with Crippen LogP contribution in [-0.2, 0) is 4.79 Å². The zero-order valence-corrected chi connectivity index (χ0v) is 8.75. The summed E-state index contributed by atoms with van der Waals surface area (Å²) >= 11 is 0. The van der Waals surface area contributed by atoms with Crippen LogP contribution >= 0.6 is 0 Å². The summed E-state index contributed by atoms with van der Waals surface area (Å²) in [6.45, 7) is 4.26. The number of nitrogens with one attached hydrogen (secondary N) is 1. The lowest BCUT2D eigenvalue weighted by Gasteiger charge is -2.17. The van der Waals surface area contributed by atoms with Gasteiger partial charge in [-0.1, -0.05) is 0 Å². The molecule has 0 bridgehead atoms. The smallest absolute Gasteiger partial charge is 0.236 e. The van der Waals surface area contributed by atoms with Gasteiger partial charge in [-0.2, -0.15) is 0 Å². The number of carbonyl (C=O) groups is 1. The number of carbonyl (C=O) groups excluding carboxylic acids is 1. The van der Waals surface area contributed by atoms with Gasteiger partial charge in [0.15, 0.2) is 0 Å². The average molecular weight is 194 g/mol. The van der Waals surface area contributed by atoms with Crippen LogP contribution < -0.4 is 5.32 Å². The molecule has 0 aliphatic carbocycles. The monoisotopic (exact) mass is 194 g/mol. The zero-order chi connectivity index (χ0) is 10.4. The van der Waals surface area contributed by atoms with Gasteiger partial charge in [-0.3, -0.25) is 4.79 Å². The van der Waals surface area contributed by atoms with Crippen molar-refractivity contribution >= 4 is 5.91 Å². The largest absolute Gasteiger partial charge is 0.342 e. The van der Waals surface area contributed by atoms with Gasteiger partial charge in [0.1, 0.15) is 0 Å². The molecule has 1 saturated heterocycles. The van der Waals surface area contributed by atoms with E-state index in [9.17, 15) is 4.79 Å². The van der Waals surface area contributed by atoms with Crippen molar-refractivity contribution < 1.29 is 4.79 Å². The molecule has 1 aliphatic rings. The molecule has 78 valence electrons. The number of hydrogen-bond donors (Lipinski definition) is 1. The Kier molecular flexibility index (Phi) is 4.48. The Bertz CT molecular complexity index is 226. The fourth-order valence-corrected chi connectivity index (χ4v) is 1.59. The third-order valence-electron chi connectivity index (χ3n) is 2.48. The van der Waals surface area contributed by atoms with Crippen molar-refractivity contribution in [3.8, 4) is 12.3 Å². The van der Waals surface area contributed by atoms with Gasteiger partial charge in [0.25, 0.3) is 0 Å². The van der Waals surface area contributed by atoms with E-state index in [1.54, 1.807) is 0 Å². The Labute approximate surface area is 85.9 Å². The highest BCUT2D eigenvalue weighted by Crippen LogP contribution is 2.06. The fraction of sp³-hybridized carbons (Fsp3) is 0.727. The molecule has 14 heavy (non-hydrogen) atoms. The van der Waals surface area contributed by atoms with E-state index in [2.05, 4.69) is 11.2 Å². The topological polar surface area (TPSA) is 32.3 Å². The zero-order valence-electron chi connectivity index (χ0n) is 8.75. The summed E-state index contributed by atoms with van der Waals surface area (Å²) in [5, 5.41) is 3.13. The second-order valence-corrected chi connectivity index (χ2v) is 3.78. The van der Waals surface area contributed by atoms with Crippen molar-refractivity contribution in [1.82, 2.24) is 10.2 Å². The third kappa shape index (κ3) is 3.39. The van der Waals surface area contributed by atoms with Gasteiger partial charge in [0.05, 0.1) is 6.54 Å². The van der Waals surface area contributed by atoms with Crippen LogP contribution in [0.1, 0.15) is 26.2 Å². The fourth-order valence-electron chi connectivity index (χ4n) is 1.59. The van der Waals surface area contributed by atoms with E-state index in [0.717, 1.165) is 25.9 Å². The highest BCUT2D eigenvalue weighted by atomic mass is 16.2. The predicted molar refractivity (Wildman–Crippen MR) is 56.7 cm³/mol. The minimum absolute atomic E-state index is 0.200. The Hall–Kier alpha value is -1.01. The molecule has 1 aliphatic heterocycles. The Morgan fingerprint density at radius 1 is 1.57 bits per heavy atom. The molecule has 0 saturated carbocycles. The van der Waals surface area contributed by atoms with E-state index >= 15 is 0 Å². The molecule has 3 nitrogen and oxygen atoms in total. The molecular weight excluding hydrogens is 176 g/mol. The Morgan fingerprint density at radius 3 is 2.79 bits per heavy atom. The van der Waals surface area contributed by atoms with Gasteiger partial charge in [0, 0.05) is 25.6 Å². The predicted octanol–water partition coefficient (Wildman–Crippen LogP) is 0.610. The lowest BCUT2D eigenvalue weighted by Crippen LogP contribution is -2.39. The van der Waals surface area contributed by atoms with E-state index in [1.807, 2.05) is 11.8 Å². The standard InChI is InChI=1S/C11H18N2O/c1-3-6-10(2)12-9-11(14)13-7-4-5-8-13/h1,10,12H,4-9H2,2H3. The lowest BCUT2D eigenvalue weighted by molar-refractivity contribution is -0.129. The summed E-state index contributed by atoms with van der Waals surface area (Å²) in [7, 11) is 0. The van der Waals surface area contributed by atoms with Gasteiger partial charge in [-0.15, -0.1) is 12.3 Å². The van der Waals surface area contributed by atoms with Crippen molar-refractivity contribution in [3.05, 3.63) is 0 Å². The van der Waals surface area contributed by atoms with E-state index in [0.29, 0.717) is 13.0 Å². The first-order valence-electron chi connectivity index (χ1n) is 5.18. The average Bonchev–Trinajstić information content (AvgIpc) is 2.67. The summed E-state index contributed by atoms with van der Waals surface area (Å²) in [5.41, 5.74) is 0. The van der Waals surface area contributed by atoms with Crippen molar-refractivity contribution in [3.63, 3.8) is 0 Å². The van der Waals surface area contributed by atoms with Crippen LogP contribution in [0.2, 0.25) is 0 Å². The Morgan fingerprint density at radius 2 is 2.21 bits per heavy atom.